The van der Waals surface area contributed by atoms with E-state index in [1.165, 1.54) is 12.4 Å². The molecule has 0 saturated heterocycles. The van der Waals surface area contributed by atoms with E-state index in [2.05, 4.69) is 32.1 Å². The Morgan fingerprint density at radius 2 is 1.95 bits per heavy atom. The van der Waals surface area contributed by atoms with Gasteiger partial charge in [-0.1, -0.05) is 29.5 Å². The maximum Gasteiger partial charge on any atom is 0.285 e. The van der Waals surface area contributed by atoms with Crippen molar-refractivity contribution in [3.63, 3.8) is 0 Å². The molecule has 0 radical (unpaired) electrons. The zero-order valence-corrected chi connectivity index (χ0v) is 21.6. The normalized spacial score (nSPS) is 11.2. The van der Waals surface area contributed by atoms with E-state index in [0.29, 0.717) is 33.2 Å². The van der Waals surface area contributed by atoms with Crippen LogP contribution in [-0.2, 0) is 6.61 Å². The lowest BCUT2D eigenvalue weighted by Crippen LogP contribution is -2.36. The standard InChI is InChI=1S/C27H25ClN6O3/c1-27(2,33(3)4)11-10-18-13-23-21(15-24(18)34(35)36)26(31-17-30-23)32-19-8-9-25(22(28)14-19)37-16-20-7-5-6-12-29-20/h5-9,12-15,17H,16H2,1-4H3,(H,30,31,32). The van der Waals surface area contributed by atoms with Crippen LogP contribution in [0.4, 0.5) is 17.2 Å². The summed E-state index contributed by atoms with van der Waals surface area (Å²) in [6.45, 7) is 4.17. The number of pyridine rings is 1. The molecule has 0 spiro atoms. The van der Waals surface area contributed by atoms with Crippen LogP contribution in [0.3, 0.4) is 0 Å². The van der Waals surface area contributed by atoms with E-state index in [-0.39, 0.29) is 17.9 Å². The summed E-state index contributed by atoms with van der Waals surface area (Å²) in [4.78, 5) is 26.2. The van der Waals surface area contributed by atoms with Crippen molar-refractivity contribution in [2.45, 2.75) is 26.0 Å². The molecule has 4 aromatic rings. The lowest BCUT2D eigenvalue weighted by atomic mass is 10.0. The highest BCUT2D eigenvalue weighted by atomic mass is 35.5. The summed E-state index contributed by atoms with van der Waals surface area (Å²) < 4.78 is 5.78. The van der Waals surface area contributed by atoms with Crippen molar-refractivity contribution >= 4 is 39.7 Å². The molecule has 9 nitrogen and oxygen atoms in total. The summed E-state index contributed by atoms with van der Waals surface area (Å²) in [7, 11) is 3.81. The Hall–Kier alpha value is -4.26. The molecule has 2 aromatic heterocycles. The van der Waals surface area contributed by atoms with Crippen LogP contribution in [0.2, 0.25) is 5.02 Å². The van der Waals surface area contributed by atoms with Gasteiger partial charge >= 0.3 is 0 Å². The minimum absolute atomic E-state index is 0.122. The number of halogens is 1. The van der Waals surface area contributed by atoms with E-state index in [1.54, 1.807) is 30.5 Å². The lowest BCUT2D eigenvalue weighted by Gasteiger charge is -2.26. The van der Waals surface area contributed by atoms with E-state index in [4.69, 9.17) is 16.3 Å². The number of benzene rings is 2. The van der Waals surface area contributed by atoms with Gasteiger partial charge < -0.3 is 10.1 Å². The smallest absolute Gasteiger partial charge is 0.285 e. The summed E-state index contributed by atoms with van der Waals surface area (Å²) in [5.41, 5.74) is 1.64. The molecule has 0 unspecified atom stereocenters. The van der Waals surface area contributed by atoms with Crippen LogP contribution in [0.1, 0.15) is 25.1 Å². The number of fused-ring (bicyclic) bond motifs is 1. The molecule has 0 bridgehead atoms. The molecule has 0 atom stereocenters. The fourth-order valence-electron chi connectivity index (χ4n) is 3.24. The Morgan fingerprint density at radius 1 is 1.14 bits per heavy atom. The number of nitro benzene ring substituents is 1. The number of nitro groups is 1. The number of anilines is 2. The average Bonchev–Trinajstić information content (AvgIpc) is 2.87. The Morgan fingerprint density at radius 3 is 2.62 bits per heavy atom. The summed E-state index contributed by atoms with van der Waals surface area (Å²) in [5, 5.41) is 15.9. The Bertz CT molecular complexity index is 1510. The van der Waals surface area contributed by atoms with Crippen molar-refractivity contribution in [1.29, 1.82) is 0 Å². The SMILES string of the molecule is CN(C)C(C)(C)C#Cc1cc2ncnc(Nc3ccc(OCc4ccccn4)c(Cl)c3)c2cc1[N+](=O)[O-]. The third-order valence-electron chi connectivity index (χ3n) is 5.87. The third-order valence-corrected chi connectivity index (χ3v) is 6.16. The molecule has 0 aliphatic carbocycles. The van der Waals surface area contributed by atoms with E-state index >= 15 is 0 Å². The summed E-state index contributed by atoms with van der Waals surface area (Å²) in [6.07, 6.45) is 3.09. The molecule has 37 heavy (non-hydrogen) atoms. The van der Waals surface area contributed by atoms with Crippen molar-refractivity contribution in [3.05, 3.63) is 87.4 Å². The quantitative estimate of drug-likeness (QED) is 0.192. The minimum Gasteiger partial charge on any atom is -0.486 e. The summed E-state index contributed by atoms with van der Waals surface area (Å²) in [6, 6.07) is 13.9. The highest BCUT2D eigenvalue weighted by Gasteiger charge is 2.20. The molecule has 188 valence electrons. The first-order chi connectivity index (χ1) is 17.6. The largest absolute Gasteiger partial charge is 0.486 e. The number of nitrogens with one attached hydrogen (secondary N) is 1. The first-order valence-corrected chi connectivity index (χ1v) is 11.7. The van der Waals surface area contributed by atoms with Gasteiger partial charge in [0.05, 0.1) is 26.7 Å². The fraction of sp³-hybridized carbons (Fsp3) is 0.222. The molecular weight excluding hydrogens is 492 g/mol. The highest BCUT2D eigenvalue weighted by Crippen LogP contribution is 2.33. The van der Waals surface area contributed by atoms with Crippen LogP contribution in [0.25, 0.3) is 10.9 Å². The van der Waals surface area contributed by atoms with Crippen molar-refractivity contribution in [1.82, 2.24) is 19.9 Å². The van der Waals surface area contributed by atoms with E-state index in [0.717, 1.165) is 5.69 Å². The number of ether oxygens (including phenoxy) is 1. The zero-order chi connectivity index (χ0) is 26.6. The zero-order valence-electron chi connectivity index (χ0n) is 20.8. The molecule has 4 rings (SSSR count). The molecule has 2 aromatic carbocycles. The molecule has 0 aliphatic rings. The van der Waals surface area contributed by atoms with Crippen molar-refractivity contribution in [3.8, 4) is 17.6 Å². The van der Waals surface area contributed by atoms with Crippen molar-refractivity contribution in [2.24, 2.45) is 0 Å². The predicted octanol–water partition coefficient (Wildman–Crippen LogP) is 5.60. The third kappa shape index (κ3) is 6.12. The second-order valence-electron chi connectivity index (χ2n) is 8.95. The second-order valence-corrected chi connectivity index (χ2v) is 9.36. The van der Waals surface area contributed by atoms with Gasteiger partial charge in [0.1, 0.15) is 30.1 Å². The van der Waals surface area contributed by atoms with Crippen LogP contribution < -0.4 is 10.1 Å². The molecule has 10 heteroatoms. The number of aromatic nitrogens is 3. The first-order valence-electron chi connectivity index (χ1n) is 11.4. The highest BCUT2D eigenvalue weighted by molar-refractivity contribution is 6.32. The van der Waals surface area contributed by atoms with Gasteiger partial charge in [-0.25, -0.2) is 9.97 Å². The van der Waals surface area contributed by atoms with Crippen LogP contribution >= 0.6 is 11.6 Å². The van der Waals surface area contributed by atoms with Gasteiger partial charge in [0.15, 0.2) is 0 Å². The molecular formula is C27H25ClN6O3. The molecule has 0 fully saturated rings. The summed E-state index contributed by atoms with van der Waals surface area (Å²) in [5.74, 6) is 6.98. The van der Waals surface area contributed by atoms with Crippen LogP contribution in [0.5, 0.6) is 5.75 Å². The predicted molar refractivity (Wildman–Crippen MR) is 144 cm³/mol. The van der Waals surface area contributed by atoms with Gasteiger partial charge in [-0.2, -0.15) is 0 Å². The van der Waals surface area contributed by atoms with E-state index in [9.17, 15) is 10.1 Å². The second kappa shape index (κ2) is 10.8. The van der Waals surface area contributed by atoms with Crippen molar-refractivity contribution < 1.29 is 9.66 Å². The first kappa shape index (κ1) is 25.8. The van der Waals surface area contributed by atoms with Gasteiger partial charge in [0.2, 0.25) is 0 Å². The minimum atomic E-state index is -0.464. The van der Waals surface area contributed by atoms with Gasteiger partial charge in [-0.15, -0.1) is 0 Å². The van der Waals surface area contributed by atoms with Gasteiger partial charge in [0, 0.05) is 23.3 Å². The molecule has 0 aliphatic heterocycles. The monoisotopic (exact) mass is 516 g/mol. The van der Waals surface area contributed by atoms with Gasteiger partial charge in [-0.05, 0) is 64.3 Å². The van der Waals surface area contributed by atoms with Gasteiger partial charge in [0.25, 0.3) is 5.69 Å². The maximum atomic E-state index is 11.9. The maximum absolute atomic E-state index is 11.9. The molecule has 0 amide bonds. The Labute approximate surface area is 219 Å². The molecule has 2 heterocycles. The number of rotatable bonds is 7. The fourth-order valence-corrected chi connectivity index (χ4v) is 3.48. The van der Waals surface area contributed by atoms with Crippen molar-refractivity contribution in [2.75, 3.05) is 19.4 Å². The Kier molecular flexibility index (Phi) is 7.53. The topological polar surface area (TPSA) is 106 Å². The van der Waals surface area contributed by atoms with E-state index in [1.807, 2.05) is 51.0 Å². The van der Waals surface area contributed by atoms with Crippen LogP contribution in [-0.4, -0.2) is 44.4 Å². The average molecular weight is 517 g/mol. The number of hydrogen-bond acceptors (Lipinski definition) is 8. The van der Waals surface area contributed by atoms with Crippen LogP contribution in [0, 0.1) is 22.0 Å². The number of nitrogens with zero attached hydrogens (tertiary/aromatic N) is 5. The summed E-state index contributed by atoms with van der Waals surface area (Å²) >= 11 is 6.44. The van der Waals surface area contributed by atoms with E-state index < -0.39 is 10.5 Å². The lowest BCUT2D eigenvalue weighted by molar-refractivity contribution is -0.385. The molecule has 1 N–H and O–H groups in total. The Balaban J connectivity index is 1.63. The van der Waals surface area contributed by atoms with Crippen LogP contribution in [0.15, 0.2) is 61.1 Å². The molecule has 0 saturated carbocycles. The number of hydrogen-bond donors (Lipinski definition) is 1. The van der Waals surface area contributed by atoms with Gasteiger partial charge in [-0.3, -0.25) is 20.0 Å².